The lowest BCUT2D eigenvalue weighted by Crippen LogP contribution is -2.54. The van der Waals surface area contributed by atoms with Gasteiger partial charge in [0.1, 0.15) is 23.7 Å². The number of rotatable bonds is 3. The van der Waals surface area contributed by atoms with Crippen molar-refractivity contribution in [1.29, 1.82) is 0 Å². The Bertz CT molecular complexity index is 364. The van der Waals surface area contributed by atoms with Gasteiger partial charge < -0.3 is 25.0 Å². The first-order valence-electron chi connectivity index (χ1n) is 6.82. The lowest BCUT2D eigenvalue weighted by molar-refractivity contribution is -0.155. The Hall–Kier alpha value is -0.340. The number of aliphatic hydroxyl groups excluding tert-OH is 3. The highest BCUT2D eigenvalue weighted by atomic mass is 32.2. The molecule has 19 heavy (non-hydrogen) atoms. The zero-order valence-corrected chi connectivity index (χ0v) is 11.5. The minimum absolute atomic E-state index is 0.0689. The van der Waals surface area contributed by atoms with Gasteiger partial charge in [0, 0.05) is 19.7 Å². The quantitative estimate of drug-likeness (QED) is 0.642. The average molecular weight is 288 g/mol. The van der Waals surface area contributed by atoms with E-state index >= 15 is 0 Å². The van der Waals surface area contributed by atoms with Crippen LogP contribution in [0.4, 0.5) is 0 Å². The number of likely N-dealkylation sites (tertiary alicyclic amines) is 1. The average Bonchev–Trinajstić information content (AvgIpc) is 2.73. The molecule has 0 aromatic carbocycles. The number of aliphatic hydroxyl groups is 3. The maximum Gasteiger partial charge on any atom is 0.162 e. The molecule has 0 aromatic heterocycles. The minimum Gasteiger partial charge on any atom is -0.396 e. The molecule has 0 aliphatic carbocycles. The summed E-state index contributed by atoms with van der Waals surface area (Å²) in [5.41, 5.74) is -0.210. The normalized spacial score (nSPS) is 41.7. The van der Waals surface area contributed by atoms with Crippen molar-refractivity contribution in [2.75, 3.05) is 19.7 Å². The van der Waals surface area contributed by atoms with Crippen LogP contribution in [0.25, 0.3) is 0 Å². The third-order valence-electron chi connectivity index (χ3n) is 3.92. The summed E-state index contributed by atoms with van der Waals surface area (Å²) >= 11 is 1.54. The lowest BCUT2D eigenvalue weighted by atomic mass is 9.95. The van der Waals surface area contributed by atoms with E-state index in [1.165, 1.54) is 6.42 Å². The van der Waals surface area contributed by atoms with E-state index in [2.05, 4.69) is 9.89 Å². The summed E-state index contributed by atoms with van der Waals surface area (Å²) in [5.74, 6) is 0. The van der Waals surface area contributed by atoms with E-state index in [0.717, 1.165) is 18.3 Å². The first-order chi connectivity index (χ1) is 9.20. The number of hydrogen-bond acceptors (Lipinski definition) is 7. The predicted molar refractivity (Wildman–Crippen MR) is 72.0 cm³/mol. The van der Waals surface area contributed by atoms with Crippen LogP contribution in [0.5, 0.6) is 0 Å². The van der Waals surface area contributed by atoms with Crippen LogP contribution in [-0.4, -0.2) is 74.9 Å². The Balaban J connectivity index is 1.66. The fourth-order valence-corrected chi connectivity index (χ4v) is 3.89. The molecule has 0 aromatic rings. The Kier molecular flexibility index (Phi) is 4.00. The van der Waals surface area contributed by atoms with E-state index < -0.39 is 18.3 Å². The molecule has 0 amide bonds. The van der Waals surface area contributed by atoms with Crippen molar-refractivity contribution < 1.29 is 20.1 Å². The predicted octanol–water partition coefficient (Wildman–Crippen LogP) is -0.617. The molecule has 3 heterocycles. The van der Waals surface area contributed by atoms with E-state index in [9.17, 15) is 10.2 Å². The molecule has 3 N–H and O–H groups in total. The fraction of sp³-hybridized carbons (Fsp3) is 0.917. The van der Waals surface area contributed by atoms with Crippen molar-refractivity contribution in [1.82, 2.24) is 4.90 Å². The second-order valence-corrected chi connectivity index (χ2v) is 6.32. The highest BCUT2D eigenvalue weighted by molar-refractivity contribution is 8.14. The van der Waals surface area contributed by atoms with Crippen molar-refractivity contribution in [2.45, 2.75) is 49.1 Å². The summed E-state index contributed by atoms with van der Waals surface area (Å²) in [6.45, 7) is 2.09. The molecular weight excluding hydrogens is 268 g/mol. The van der Waals surface area contributed by atoms with Gasteiger partial charge in [0.2, 0.25) is 0 Å². The molecule has 7 heteroatoms. The summed E-state index contributed by atoms with van der Waals surface area (Å²) in [5, 5.41) is 30.0. The van der Waals surface area contributed by atoms with Crippen LogP contribution in [0.3, 0.4) is 0 Å². The van der Waals surface area contributed by atoms with Gasteiger partial charge in [-0.25, -0.2) is 0 Å². The van der Waals surface area contributed by atoms with Gasteiger partial charge in [-0.2, -0.15) is 0 Å². The van der Waals surface area contributed by atoms with Crippen molar-refractivity contribution >= 4 is 16.9 Å². The Morgan fingerprint density at radius 1 is 1.32 bits per heavy atom. The summed E-state index contributed by atoms with van der Waals surface area (Å²) in [6, 6.07) is -0.374. The van der Waals surface area contributed by atoms with E-state index in [1.54, 1.807) is 11.8 Å². The van der Waals surface area contributed by atoms with Gasteiger partial charge in [0.05, 0.1) is 6.10 Å². The number of hydrogen-bond donors (Lipinski definition) is 3. The molecule has 2 fully saturated rings. The summed E-state index contributed by atoms with van der Waals surface area (Å²) in [4.78, 5) is 6.67. The van der Waals surface area contributed by atoms with E-state index in [-0.39, 0.29) is 18.1 Å². The Morgan fingerprint density at radius 3 is 2.74 bits per heavy atom. The van der Waals surface area contributed by atoms with Gasteiger partial charge in [-0.1, -0.05) is 11.8 Å². The monoisotopic (exact) mass is 288 g/mol. The topological polar surface area (TPSA) is 85.5 Å². The van der Waals surface area contributed by atoms with Crippen LogP contribution in [0.2, 0.25) is 0 Å². The van der Waals surface area contributed by atoms with Crippen molar-refractivity contribution in [3.05, 3.63) is 0 Å². The highest BCUT2D eigenvalue weighted by Crippen LogP contribution is 2.39. The Labute approximate surface area is 116 Å². The molecule has 108 valence electrons. The molecule has 5 atom stereocenters. The molecule has 0 saturated carbocycles. The summed E-state index contributed by atoms with van der Waals surface area (Å²) in [7, 11) is 0. The minimum atomic E-state index is -0.923. The zero-order valence-electron chi connectivity index (χ0n) is 10.7. The van der Waals surface area contributed by atoms with Gasteiger partial charge in [-0.05, 0) is 19.3 Å². The van der Waals surface area contributed by atoms with Gasteiger partial charge in [0.25, 0.3) is 0 Å². The van der Waals surface area contributed by atoms with Gasteiger partial charge in [-0.3, -0.25) is 4.99 Å². The second-order valence-electron chi connectivity index (χ2n) is 5.25. The van der Waals surface area contributed by atoms with Crippen LogP contribution in [0, 0.1) is 0 Å². The second kappa shape index (κ2) is 5.57. The van der Waals surface area contributed by atoms with Crippen LogP contribution in [-0.2, 0) is 4.74 Å². The summed E-state index contributed by atoms with van der Waals surface area (Å²) < 4.78 is 5.84. The molecule has 0 bridgehead atoms. The maximum atomic E-state index is 10.2. The lowest BCUT2D eigenvalue weighted by Gasteiger charge is -2.38. The number of nitrogens with zero attached hydrogens (tertiary/aromatic N) is 2. The van der Waals surface area contributed by atoms with E-state index in [1.807, 2.05) is 0 Å². The Morgan fingerprint density at radius 2 is 2.11 bits per heavy atom. The van der Waals surface area contributed by atoms with Crippen LogP contribution < -0.4 is 0 Å². The van der Waals surface area contributed by atoms with Gasteiger partial charge in [-0.15, -0.1) is 0 Å². The molecule has 2 saturated heterocycles. The number of amidine groups is 1. The van der Waals surface area contributed by atoms with Crippen molar-refractivity contribution in [2.24, 2.45) is 4.99 Å². The highest BCUT2D eigenvalue weighted by Gasteiger charge is 2.48. The molecule has 6 nitrogen and oxygen atoms in total. The number of aliphatic imine (C=N–C) groups is 1. The molecule has 0 radical (unpaired) electrons. The molecule has 3 aliphatic rings. The smallest absolute Gasteiger partial charge is 0.162 e. The number of fused-ring (bicyclic) bond motifs is 1. The maximum absolute atomic E-state index is 10.2. The van der Waals surface area contributed by atoms with Crippen molar-refractivity contribution in [3.63, 3.8) is 0 Å². The molecule has 3 aliphatic heterocycles. The standard InChI is InChI=1S/C12H20N2O4S/c15-6-1-3-7-9(16)10(17)8-11(18-7)19-12(13-8)14-4-2-5-14/h7-11,15-17H,1-6H2/t7-,8-,9-,10-,11-/m1/s1. The van der Waals surface area contributed by atoms with Crippen LogP contribution in [0.15, 0.2) is 4.99 Å². The number of ether oxygens (including phenoxy) is 1. The third-order valence-corrected chi connectivity index (χ3v) is 5.12. The zero-order chi connectivity index (χ0) is 13.4. The molecule has 0 unspecified atom stereocenters. The van der Waals surface area contributed by atoms with E-state index in [4.69, 9.17) is 9.84 Å². The van der Waals surface area contributed by atoms with Crippen LogP contribution in [0.1, 0.15) is 19.3 Å². The molecule has 0 spiro atoms. The fourth-order valence-electron chi connectivity index (χ4n) is 2.61. The van der Waals surface area contributed by atoms with Gasteiger partial charge >= 0.3 is 0 Å². The largest absolute Gasteiger partial charge is 0.396 e. The van der Waals surface area contributed by atoms with E-state index in [0.29, 0.717) is 12.8 Å². The number of thioether (sulfide) groups is 1. The summed E-state index contributed by atoms with van der Waals surface area (Å²) in [6.07, 6.45) is 0.0805. The molecule has 3 rings (SSSR count). The SMILES string of the molecule is OCCC[C@H]1O[C@@H]2SC(N3CCC3)=N[C@@H]2[C@@H](O)[C@@H]1O. The van der Waals surface area contributed by atoms with Gasteiger partial charge in [0.15, 0.2) is 5.17 Å². The first-order valence-corrected chi connectivity index (χ1v) is 7.70. The van der Waals surface area contributed by atoms with Crippen LogP contribution >= 0.6 is 11.8 Å². The molecular formula is C12H20N2O4S. The first kappa shape index (κ1) is 13.6. The van der Waals surface area contributed by atoms with Crippen molar-refractivity contribution in [3.8, 4) is 0 Å². The third kappa shape index (κ3) is 2.50.